The lowest BCUT2D eigenvalue weighted by atomic mass is 10.0. The van der Waals surface area contributed by atoms with Gasteiger partial charge in [0.05, 0.1) is 24.8 Å². The van der Waals surface area contributed by atoms with Crippen LogP contribution < -0.4 is 0 Å². The minimum Gasteiger partial charge on any atom is -0.467 e. The highest BCUT2D eigenvalue weighted by molar-refractivity contribution is 5.89. The Morgan fingerprint density at radius 1 is 1.35 bits per heavy atom. The van der Waals surface area contributed by atoms with Crippen LogP contribution in [0, 0.1) is 17.6 Å². The van der Waals surface area contributed by atoms with Gasteiger partial charge in [-0.1, -0.05) is 6.07 Å². The van der Waals surface area contributed by atoms with Crippen LogP contribution in [0.15, 0.2) is 41.0 Å². The third-order valence-electron chi connectivity index (χ3n) is 4.85. The fraction of sp³-hybridized carbons (Fsp3) is 0.368. The Morgan fingerprint density at radius 2 is 2.12 bits per heavy atom. The van der Waals surface area contributed by atoms with Gasteiger partial charge in [-0.25, -0.2) is 8.78 Å². The molecule has 26 heavy (non-hydrogen) atoms. The Morgan fingerprint density at radius 3 is 2.77 bits per heavy atom. The maximum atomic E-state index is 13.4. The zero-order chi connectivity index (χ0) is 18.8. The van der Waals surface area contributed by atoms with Gasteiger partial charge in [-0.2, -0.15) is 0 Å². The first kappa shape index (κ1) is 18.1. The van der Waals surface area contributed by atoms with E-state index in [-0.39, 0.29) is 18.2 Å². The molecule has 3 rings (SSSR count). The van der Waals surface area contributed by atoms with Gasteiger partial charge >= 0.3 is 0 Å². The summed E-state index contributed by atoms with van der Waals surface area (Å²) in [6.07, 6.45) is 1.67. The van der Waals surface area contributed by atoms with Crippen LogP contribution in [0.25, 0.3) is 0 Å². The van der Waals surface area contributed by atoms with Gasteiger partial charge in [0.15, 0.2) is 11.6 Å². The second-order valence-corrected chi connectivity index (χ2v) is 6.55. The standard InChI is InChI=1S/C19H20F2N2O3/c1-12(13-5-6-16(20)17(21)8-13)22(2)19(25)14-9-18(24)23(10-14)11-15-4-3-7-26-15/h3-8,12,14H,9-11H2,1-2H3. The molecule has 2 unspecified atom stereocenters. The van der Waals surface area contributed by atoms with Crippen molar-refractivity contribution in [3.05, 3.63) is 59.6 Å². The van der Waals surface area contributed by atoms with Crippen molar-refractivity contribution in [3.8, 4) is 0 Å². The van der Waals surface area contributed by atoms with Gasteiger partial charge in [-0.15, -0.1) is 0 Å². The van der Waals surface area contributed by atoms with E-state index in [0.717, 1.165) is 12.1 Å². The van der Waals surface area contributed by atoms with Gasteiger partial charge < -0.3 is 14.2 Å². The molecule has 1 aliphatic heterocycles. The molecule has 0 bridgehead atoms. The van der Waals surface area contributed by atoms with Gasteiger partial charge in [0, 0.05) is 20.0 Å². The van der Waals surface area contributed by atoms with Gasteiger partial charge in [-0.3, -0.25) is 9.59 Å². The number of benzene rings is 1. The SMILES string of the molecule is CC(c1ccc(F)c(F)c1)N(C)C(=O)C1CC(=O)N(Cc2ccco2)C1. The number of nitrogens with zero attached hydrogens (tertiary/aromatic N) is 2. The van der Waals surface area contributed by atoms with E-state index in [1.54, 1.807) is 31.0 Å². The first-order valence-electron chi connectivity index (χ1n) is 8.38. The normalized spacial score (nSPS) is 18.2. The Hall–Kier alpha value is -2.70. The molecule has 0 spiro atoms. The van der Waals surface area contributed by atoms with Crippen molar-refractivity contribution < 1.29 is 22.8 Å². The number of furan rings is 1. The van der Waals surface area contributed by atoms with Gasteiger partial charge in [0.1, 0.15) is 5.76 Å². The summed E-state index contributed by atoms with van der Waals surface area (Å²) in [6.45, 7) is 2.38. The minimum absolute atomic E-state index is 0.103. The molecule has 2 amide bonds. The van der Waals surface area contributed by atoms with Crippen molar-refractivity contribution in [1.82, 2.24) is 9.80 Å². The monoisotopic (exact) mass is 362 g/mol. The highest BCUT2D eigenvalue weighted by Gasteiger charge is 2.37. The Kier molecular flexibility index (Phi) is 5.06. The second-order valence-electron chi connectivity index (χ2n) is 6.55. The Bertz CT molecular complexity index is 807. The number of rotatable bonds is 5. The molecule has 2 aromatic rings. The van der Waals surface area contributed by atoms with Crippen molar-refractivity contribution in [2.45, 2.75) is 25.9 Å². The average Bonchev–Trinajstić information content (AvgIpc) is 3.26. The lowest BCUT2D eigenvalue weighted by Gasteiger charge is -2.28. The predicted octanol–water partition coefficient (Wildman–Crippen LogP) is 3.13. The van der Waals surface area contributed by atoms with Crippen LogP contribution >= 0.6 is 0 Å². The van der Waals surface area contributed by atoms with E-state index in [2.05, 4.69) is 0 Å². The Labute approximate surface area is 150 Å². The molecule has 1 aliphatic rings. The second kappa shape index (κ2) is 7.27. The van der Waals surface area contributed by atoms with Crippen LogP contribution in [0.4, 0.5) is 8.78 Å². The van der Waals surface area contributed by atoms with Crippen LogP contribution in [0.1, 0.15) is 30.7 Å². The van der Waals surface area contributed by atoms with E-state index in [1.165, 1.54) is 17.2 Å². The van der Waals surface area contributed by atoms with Crippen molar-refractivity contribution in [3.63, 3.8) is 0 Å². The summed E-state index contributed by atoms with van der Waals surface area (Å²) in [5.74, 6) is -1.97. The molecule has 0 saturated carbocycles. The molecule has 7 heteroatoms. The molecule has 1 aromatic heterocycles. The predicted molar refractivity (Wildman–Crippen MR) is 89.8 cm³/mol. The highest BCUT2D eigenvalue weighted by Crippen LogP contribution is 2.27. The number of likely N-dealkylation sites (tertiary alicyclic amines) is 1. The minimum atomic E-state index is -0.948. The topological polar surface area (TPSA) is 53.8 Å². The largest absolute Gasteiger partial charge is 0.467 e. The molecule has 2 atom stereocenters. The van der Waals surface area contributed by atoms with E-state index in [0.29, 0.717) is 24.4 Å². The summed E-state index contributed by atoms with van der Waals surface area (Å²) in [5.41, 5.74) is 0.497. The summed E-state index contributed by atoms with van der Waals surface area (Å²) in [6, 6.07) is 6.67. The molecular formula is C19H20F2N2O3. The van der Waals surface area contributed by atoms with E-state index < -0.39 is 23.6 Å². The van der Waals surface area contributed by atoms with E-state index >= 15 is 0 Å². The van der Waals surface area contributed by atoms with Crippen molar-refractivity contribution in [2.24, 2.45) is 5.92 Å². The van der Waals surface area contributed by atoms with Crippen LogP contribution in [0.3, 0.4) is 0 Å². The summed E-state index contributed by atoms with van der Waals surface area (Å²) in [5, 5.41) is 0. The van der Waals surface area contributed by atoms with Crippen LogP contribution in [-0.4, -0.2) is 35.2 Å². The average molecular weight is 362 g/mol. The van der Waals surface area contributed by atoms with Crippen LogP contribution in [-0.2, 0) is 16.1 Å². The quantitative estimate of drug-likeness (QED) is 0.821. The van der Waals surface area contributed by atoms with Gasteiger partial charge in [0.25, 0.3) is 0 Å². The maximum Gasteiger partial charge on any atom is 0.228 e. The van der Waals surface area contributed by atoms with E-state index in [1.807, 2.05) is 0 Å². The number of hydrogen-bond acceptors (Lipinski definition) is 3. The van der Waals surface area contributed by atoms with E-state index in [9.17, 15) is 18.4 Å². The zero-order valence-corrected chi connectivity index (χ0v) is 14.6. The van der Waals surface area contributed by atoms with Crippen molar-refractivity contribution >= 4 is 11.8 Å². The molecule has 0 radical (unpaired) electrons. The molecule has 1 fully saturated rings. The number of halogens is 2. The lowest BCUT2D eigenvalue weighted by molar-refractivity contribution is -0.136. The smallest absolute Gasteiger partial charge is 0.228 e. The third kappa shape index (κ3) is 3.61. The van der Waals surface area contributed by atoms with Crippen molar-refractivity contribution in [2.75, 3.05) is 13.6 Å². The first-order chi connectivity index (χ1) is 12.4. The Balaban J connectivity index is 1.66. The summed E-state index contributed by atoms with van der Waals surface area (Å²) >= 11 is 0. The molecule has 138 valence electrons. The molecule has 1 saturated heterocycles. The zero-order valence-electron chi connectivity index (χ0n) is 14.6. The molecule has 1 aromatic carbocycles. The van der Waals surface area contributed by atoms with Crippen LogP contribution in [0.5, 0.6) is 0 Å². The fourth-order valence-corrected chi connectivity index (χ4v) is 3.16. The lowest BCUT2D eigenvalue weighted by Crippen LogP contribution is -2.36. The highest BCUT2D eigenvalue weighted by atomic mass is 19.2. The number of amides is 2. The first-order valence-corrected chi connectivity index (χ1v) is 8.38. The maximum absolute atomic E-state index is 13.4. The van der Waals surface area contributed by atoms with Crippen LogP contribution in [0.2, 0.25) is 0 Å². The summed E-state index contributed by atoms with van der Waals surface area (Å²) in [7, 11) is 1.61. The third-order valence-corrected chi connectivity index (χ3v) is 4.85. The summed E-state index contributed by atoms with van der Waals surface area (Å²) < 4.78 is 31.8. The molecular weight excluding hydrogens is 342 g/mol. The van der Waals surface area contributed by atoms with Gasteiger partial charge in [-0.05, 0) is 36.8 Å². The number of carbonyl (C=O) groups excluding carboxylic acids is 2. The number of carbonyl (C=O) groups is 2. The van der Waals surface area contributed by atoms with Gasteiger partial charge in [0.2, 0.25) is 11.8 Å². The molecule has 0 N–H and O–H groups in total. The summed E-state index contributed by atoms with van der Waals surface area (Å²) in [4.78, 5) is 28.0. The molecule has 0 aliphatic carbocycles. The van der Waals surface area contributed by atoms with E-state index in [4.69, 9.17) is 4.42 Å². The fourth-order valence-electron chi connectivity index (χ4n) is 3.16. The molecule has 5 nitrogen and oxygen atoms in total. The van der Waals surface area contributed by atoms with Crippen molar-refractivity contribution in [1.29, 1.82) is 0 Å². The number of hydrogen-bond donors (Lipinski definition) is 0. The molecule has 2 heterocycles.